The van der Waals surface area contributed by atoms with Crippen LogP contribution in [0, 0.1) is 6.92 Å². The fourth-order valence-corrected chi connectivity index (χ4v) is 7.05. The molecular formula is C27H25ClN3NaO6S. The number of methoxy groups -OCH3 is 1. The molecule has 2 saturated heterocycles. The molecule has 2 amide bonds. The monoisotopic (exact) mass is 577 g/mol. The Hall–Kier alpha value is -2.50. The average molecular weight is 578 g/mol. The van der Waals surface area contributed by atoms with Crippen molar-refractivity contribution in [1.29, 1.82) is 0 Å². The Bertz CT molecular complexity index is 1510. The molecule has 1 N–H and O–H groups in total. The first-order chi connectivity index (χ1) is 17.9. The second-order valence-corrected chi connectivity index (χ2v) is 12.1. The van der Waals surface area contributed by atoms with E-state index in [4.69, 9.17) is 16.3 Å². The van der Waals surface area contributed by atoms with Crippen LogP contribution in [-0.2, 0) is 20.8 Å². The number of rotatable bonds is 6. The number of hydrogen-bond acceptors (Lipinski definition) is 7. The molecular weight excluding hydrogens is 553 g/mol. The third-order valence-corrected chi connectivity index (χ3v) is 8.98. The van der Waals surface area contributed by atoms with Crippen molar-refractivity contribution in [2.24, 2.45) is 0 Å². The van der Waals surface area contributed by atoms with Crippen LogP contribution in [0.3, 0.4) is 0 Å². The first-order valence-corrected chi connectivity index (χ1v) is 13.2. The number of halogens is 1. The molecule has 0 bridgehead atoms. The minimum absolute atomic E-state index is 0. The number of nitrogens with zero attached hydrogens (tertiary/aromatic N) is 2. The molecule has 198 valence electrons. The predicted molar refractivity (Wildman–Crippen MR) is 141 cm³/mol. The Morgan fingerprint density at radius 2 is 1.82 bits per heavy atom. The van der Waals surface area contributed by atoms with Crippen LogP contribution in [0.15, 0.2) is 42.5 Å². The topological polar surface area (TPSA) is 121 Å². The number of amides is 2. The largest absolute Gasteiger partial charge is 1.00 e. The zero-order valence-corrected chi connectivity index (χ0v) is 25.7. The molecule has 2 aliphatic rings. The Morgan fingerprint density at radius 3 is 2.44 bits per heavy atom. The number of hydrogen-bond donors (Lipinski definition) is 1. The number of carbonyl (C=O) groups excluding carboxylic acids is 4. The molecule has 0 saturated carbocycles. The maximum atomic E-state index is 13.5. The van der Waals surface area contributed by atoms with Crippen LogP contribution < -0.4 is 44.7 Å². The molecule has 12 heteroatoms. The Morgan fingerprint density at radius 1 is 1.15 bits per heavy atom. The summed E-state index contributed by atoms with van der Waals surface area (Å²) in [5, 5.41) is 15.1. The van der Waals surface area contributed by atoms with Gasteiger partial charge in [-0.1, -0.05) is 11.6 Å². The summed E-state index contributed by atoms with van der Waals surface area (Å²) in [6.45, 7) is 5.25. The number of benzene rings is 2. The quantitative estimate of drug-likeness (QED) is 0.299. The number of aromatic nitrogens is 1. The number of ether oxygens (including phenoxy) is 1. The van der Waals surface area contributed by atoms with E-state index in [0.29, 0.717) is 38.5 Å². The number of carboxylic acid groups (broad SMARTS) is 1. The summed E-state index contributed by atoms with van der Waals surface area (Å²) in [6, 6.07) is 9.93. The van der Waals surface area contributed by atoms with Gasteiger partial charge in [0.1, 0.15) is 17.2 Å². The van der Waals surface area contributed by atoms with Gasteiger partial charge in [0.15, 0.2) is 0 Å². The summed E-state index contributed by atoms with van der Waals surface area (Å²) in [7, 11) is 1.53. The van der Waals surface area contributed by atoms with Crippen LogP contribution in [-0.4, -0.2) is 62.5 Å². The summed E-state index contributed by atoms with van der Waals surface area (Å²) >= 11 is 7.31. The van der Waals surface area contributed by atoms with Crippen molar-refractivity contribution in [3.8, 4) is 5.75 Å². The predicted octanol–water partition coefficient (Wildman–Crippen LogP) is -0.856. The van der Waals surface area contributed by atoms with Crippen LogP contribution >= 0.6 is 23.4 Å². The maximum absolute atomic E-state index is 13.5. The second-order valence-electron chi connectivity index (χ2n) is 9.90. The van der Waals surface area contributed by atoms with E-state index in [9.17, 15) is 24.3 Å². The summed E-state index contributed by atoms with van der Waals surface area (Å²) < 4.78 is 6.18. The molecule has 2 aliphatic heterocycles. The molecule has 0 spiro atoms. The second kappa shape index (κ2) is 10.8. The zero-order chi connectivity index (χ0) is 27.5. The van der Waals surface area contributed by atoms with Crippen LogP contribution in [0.25, 0.3) is 10.9 Å². The number of fused-ring (bicyclic) bond motifs is 2. The van der Waals surface area contributed by atoms with E-state index in [-0.39, 0.29) is 41.9 Å². The van der Waals surface area contributed by atoms with Gasteiger partial charge in [-0.25, -0.2) is 0 Å². The Balaban J connectivity index is 0.00000353. The van der Waals surface area contributed by atoms with Crippen LogP contribution in [0.4, 0.5) is 0 Å². The summed E-state index contributed by atoms with van der Waals surface area (Å²) in [5.41, 5.74) is 2.25. The normalized spacial score (nSPS) is 21.1. The average Bonchev–Trinajstić information content (AvgIpc) is 3.29. The van der Waals surface area contributed by atoms with Crippen LogP contribution in [0.2, 0.25) is 5.02 Å². The van der Waals surface area contributed by atoms with Crippen molar-refractivity contribution in [1.82, 2.24) is 14.8 Å². The van der Waals surface area contributed by atoms with Gasteiger partial charge in [0, 0.05) is 26.4 Å². The maximum Gasteiger partial charge on any atom is 1.00 e. The number of carboxylic acids is 1. The molecule has 0 aliphatic carbocycles. The van der Waals surface area contributed by atoms with E-state index in [0.717, 1.165) is 0 Å². The smallest absolute Gasteiger partial charge is 0.548 e. The van der Waals surface area contributed by atoms with E-state index >= 15 is 0 Å². The first-order valence-electron chi connectivity index (χ1n) is 11.9. The fraction of sp³-hybridized carbons (Fsp3) is 0.333. The number of thioether (sulfide) groups is 1. The van der Waals surface area contributed by atoms with Gasteiger partial charge < -0.3 is 24.9 Å². The molecule has 9 nitrogen and oxygen atoms in total. The molecule has 2 fully saturated rings. The SMILES string of the molecule is COc1ccc2c(c1)c(CC(=O)N[C@@H]1C(=O)N3[C@@H]1SC(C)(C)[C@@H]3C(=O)[O-])c(C)n2C(=O)c1ccc(Cl)cc1.[Na+]. The van der Waals surface area contributed by atoms with Crippen molar-refractivity contribution in [2.45, 2.75) is 49.4 Å². The summed E-state index contributed by atoms with van der Waals surface area (Å²) in [6.07, 6.45) is -0.0924. The van der Waals surface area contributed by atoms with Gasteiger partial charge in [-0.3, -0.25) is 19.0 Å². The first kappa shape index (κ1) is 29.5. The van der Waals surface area contributed by atoms with Crippen LogP contribution in [0.5, 0.6) is 5.75 Å². The number of aliphatic carboxylic acids is 1. The molecule has 5 rings (SSSR count). The van der Waals surface area contributed by atoms with Crippen molar-refractivity contribution in [3.05, 3.63) is 64.3 Å². The molecule has 3 atom stereocenters. The third kappa shape index (κ3) is 4.97. The van der Waals surface area contributed by atoms with E-state index < -0.39 is 40.0 Å². The molecule has 1 aromatic heterocycles. The van der Waals surface area contributed by atoms with E-state index in [1.165, 1.54) is 23.8 Å². The van der Waals surface area contributed by atoms with Crippen molar-refractivity contribution >= 4 is 58.0 Å². The molecule has 0 unspecified atom stereocenters. The summed E-state index contributed by atoms with van der Waals surface area (Å²) in [5.74, 6) is -1.89. The third-order valence-electron chi connectivity index (χ3n) is 7.15. The number of β-lactam (4-membered cyclic amide) rings is 1. The number of nitrogens with one attached hydrogen (secondary N) is 1. The minimum Gasteiger partial charge on any atom is -0.548 e. The van der Waals surface area contributed by atoms with Crippen molar-refractivity contribution in [3.63, 3.8) is 0 Å². The standard InChI is InChI=1S/C27H26ClN3O6S.Na/c1-13-17(12-20(32)29-21-24(34)31-22(26(35)36)27(2,3)38-25(21)31)18-11-16(37-4)9-10-19(18)30(13)23(33)14-5-7-15(28)8-6-14;/h5-11,21-22,25H,12H2,1-4H3,(H,29,32)(H,35,36);/q;+1/p-1/t21-,22+,25-;/m1./s1. The Kier molecular flexibility index (Phi) is 8.18. The number of carbonyl (C=O) groups is 4. The molecule has 0 radical (unpaired) electrons. The fourth-order valence-electron chi connectivity index (χ4n) is 5.31. The minimum atomic E-state index is -1.31. The van der Waals surface area contributed by atoms with E-state index in [2.05, 4.69) is 5.32 Å². The van der Waals surface area contributed by atoms with Gasteiger partial charge in [-0.15, -0.1) is 11.8 Å². The van der Waals surface area contributed by atoms with Gasteiger partial charge in [0.25, 0.3) is 5.91 Å². The molecule has 3 heterocycles. The van der Waals surface area contributed by atoms with E-state index in [1.54, 1.807) is 67.8 Å². The van der Waals surface area contributed by atoms with Gasteiger partial charge in [0.2, 0.25) is 11.8 Å². The van der Waals surface area contributed by atoms with E-state index in [1.807, 2.05) is 0 Å². The van der Waals surface area contributed by atoms with Gasteiger partial charge in [0.05, 0.1) is 31.1 Å². The zero-order valence-electron chi connectivity index (χ0n) is 22.1. The molecule has 39 heavy (non-hydrogen) atoms. The van der Waals surface area contributed by atoms with Gasteiger partial charge in [-0.05, 0) is 68.8 Å². The summed E-state index contributed by atoms with van der Waals surface area (Å²) in [4.78, 5) is 52.4. The van der Waals surface area contributed by atoms with Gasteiger partial charge >= 0.3 is 29.6 Å². The molecule has 2 aromatic carbocycles. The molecule has 3 aromatic rings. The van der Waals surface area contributed by atoms with Crippen LogP contribution in [0.1, 0.15) is 35.5 Å². The van der Waals surface area contributed by atoms with Crippen molar-refractivity contribution in [2.75, 3.05) is 7.11 Å². The van der Waals surface area contributed by atoms with Gasteiger partial charge in [-0.2, -0.15) is 0 Å². The Labute approximate surface area is 256 Å². The van der Waals surface area contributed by atoms with Crippen molar-refractivity contribution < 1.29 is 58.6 Å².